The number of nitrogens with zero attached hydrogens (tertiary/aromatic N) is 4. The van der Waals surface area contributed by atoms with Crippen LogP contribution in [0.2, 0.25) is 0 Å². The van der Waals surface area contributed by atoms with Crippen molar-refractivity contribution in [1.82, 2.24) is 14.8 Å². The fourth-order valence-corrected chi connectivity index (χ4v) is 3.21. The molecule has 7 heteroatoms. The van der Waals surface area contributed by atoms with E-state index in [0.717, 1.165) is 11.3 Å². The van der Waals surface area contributed by atoms with Crippen molar-refractivity contribution in [1.29, 1.82) is 0 Å². The molecule has 1 aliphatic rings. The van der Waals surface area contributed by atoms with Crippen LogP contribution in [-0.4, -0.2) is 33.6 Å². The summed E-state index contributed by atoms with van der Waals surface area (Å²) in [6, 6.07) is 14.8. The summed E-state index contributed by atoms with van der Waals surface area (Å²) in [5.74, 6) is -0.821. The number of anilines is 2. The zero-order chi connectivity index (χ0) is 18.1. The maximum atomic E-state index is 13.0. The largest absolute Gasteiger partial charge is 0.324 e. The topological polar surface area (TPSA) is 80.1 Å². The van der Waals surface area contributed by atoms with Crippen LogP contribution in [0.5, 0.6) is 0 Å². The van der Waals surface area contributed by atoms with Crippen molar-refractivity contribution in [2.24, 2.45) is 0 Å². The Hall–Kier alpha value is -3.48. The van der Waals surface area contributed by atoms with Gasteiger partial charge in [-0.3, -0.25) is 9.59 Å². The fraction of sp³-hybridized carbons (Fsp3) is 0.158. The molecular weight excluding hydrogens is 330 g/mol. The molecule has 130 valence electrons. The van der Waals surface area contributed by atoms with E-state index in [4.69, 9.17) is 0 Å². The van der Waals surface area contributed by atoms with Gasteiger partial charge in [-0.1, -0.05) is 30.3 Å². The average Bonchev–Trinajstić information content (AvgIpc) is 3.19. The molecule has 0 saturated carbocycles. The third kappa shape index (κ3) is 2.73. The summed E-state index contributed by atoms with van der Waals surface area (Å²) >= 11 is 0. The van der Waals surface area contributed by atoms with Gasteiger partial charge in [-0.15, -0.1) is 0 Å². The molecule has 1 aliphatic heterocycles. The Morgan fingerprint density at radius 1 is 1.12 bits per heavy atom. The first-order valence-electron chi connectivity index (χ1n) is 8.25. The molecule has 3 aromatic rings. The van der Waals surface area contributed by atoms with Crippen molar-refractivity contribution >= 4 is 23.2 Å². The van der Waals surface area contributed by atoms with Crippen LogP contribution in [0, 0.1) is 0 Å². The lowest BCUT2D eigenvalue weighted by Crippen LogP contribution is -2.37. The number of benzene rings is 2. The number of hydrogen-bond donors (Lipinski definition) is 1. The summed E-state index contributed by atoms with van der Waals surface area (Å²) in [6.07, 6.45) is 3.15. The number of carbonyl (C=O) groups is 2. The smallest absolute Gasteiger partial charge is 0.232 e. The van der Waals surface area contributed by atoms with E-state index >= 15 is 0 Å². The Bertz CT molecular complexity index is 968. The molecule has 0 saturated heterocycles. The number of fused-ring (bicyclic) bond motifs is 1. The van der Waals surface area contributed by atoms with Crippen molar-refractivity contribution < 1.29 is 9.59 Å². The van der Waals surface area contributed by atoms with Crippen molar-refractivity contribution in [3.05, 3.63) is 66.7 Å². The summed E-state index contributed by atoms with van der Waals surface area (Å²) in [5, 5.41) is 7.06. The Balaban J connectivity index is 1.66. The SMILES string of the molecule is CN1C(=O)CC(C(=O)Nc2ccccc2-n2cncn2)c2ccccc21. The molecule has 7 nitrogen and oxygen atoms in total. The van der Waals surface area contributed by atoms with Crippen LogP contribution in [0.1, 0.15) is 17.9 Å². The van der Waals surface area contributed by atoms with Crippen LogP contribution >= 0.6 is 0 Å². The molecule has 26 heavy (non-hydrogen) atoms. The molecular formula is C19H17N5O2. The van der Waals surface area contributed by atoms with Gasteiger partial charge in [-0.2, -0.15) is 5.10 Å². The van der Waals surface area contributed by atoms with Crippen LogP contribution in [0.3, 0.4) is 0 Å². The lowest BCUT2D eigenvalue weighted by molar-refractivity contribution is -0.124. The standard InChI is InChI=1S/C19H17N5O2/c1-23-16-8-4-2-6-13(16)14(10-18(23)25)19(26)22-15-7-3-5-9-17(15)24-12-20-11-21-24/h2-9,11-12,14H,10H2,1H3,(H,22,26). The molecule has 2 heterocycles. The Kier molecular flexibility index (Phi) is 3.96. The molecule has 0 spiro atoms. The van der Waals surface area contributed by atoms with E-state index in [1.165, 1.54) is 6.33 Å². The van der Waals surface area contributed by atoms with Crippen molar-refractivity contribution in [2.45, 2.75) is 12.3 Å². The van der Waals surface area contributed by atoms with Gasteiger partial charge in [-0.25, -0.2) is 9.67 Å². The summed E-state index contributed by atoms with van der Waals surface area (Å²) in [7, 11) is 1.73. The minimum Gasteiger partial charge on any atom is -0.324 e. The molecule has 4 rings (SSSR count). The zero-order valence-electron chi connectivity index (χ0n) is 14.2. The maximum Gasteiger partial charge on any atom is 0.232 e. The third-order valence-electron chi connectivity index (χ3n) is 4.57. The van der Waals surface area contributed by atoms with E-state index < -0.39 is 5.92 Å². The monoisotopic (exact) mass is 347 g/mol. The van der Waals surface area contributed by atoms with E-state index in [0.29, 0.717) is 11.4 Å². The van der Waals surface area contributed by atoms with E-state index in [2.05, 4.69) is 15.4 Å². The second-order valence-corrected chi connectivity index (χ2v) is 6.11. The fourth-order valence-electron chi connectivity index (χ4n) is 3.21. The van der Waals surface area contributed by atoms with Gasteiger partial charge >= 0.3 is 0 Å². The number of hydrogen-bond acceptors (Lipinski definition) is 4. The van der Waals surface area contributed by atoms with Crippen LogP contribution in [-0.2, 0) is 9.59 Å². The summed E-state index contributed by atoms with van der Waals surface area (Å²) in [5.41, 5.74) is 2.96. The minimum atomic E-state index is -0.529. The summed E-state index contributed by atoms with van der Waals surface area (Å²) in [6.45, 7) is 0. The lowest BCUT2D eigenvalue weighted by Gasteiger charge is -2.31. The number of carbonyl (C=O) groups excluding carboxylic acids is 2. The molecule has 0 aliphatic carbocycles. The highest BCUT2D eigenvalue weighted by atomic mass is 16.2. The van der Waals surface area contributed by atoms with Gasteiger partial charge in [0.2, 0.25) is 11.8 Å². The molecule has 1 unspecified atom stereocenters. The molecule has 1 N–H and O–H groups in total. The molecule has 2 aromatic carbocycles. The van der Waals surface area contributed by atoms with Crippen molar-refractivity contribution in [3.63, 3.8) is 0 Å². The van der Waals surface area contributed by atoms with E-state index in [1.807, 2.05) is 42.5 Å². The molecule has 0 radical (unpaired) electrons. The second-order valence-electron chi connectivity index (χ2n) is 6.11. The number of amides is 2. The van der Waals surface area contributed by atoms with Crippen LogP contribution in [0.25, 0.3) is 5.69 Å². The van der Waals surface area contributed by atoms with Crippen LogP contribution in [0.4, 0.5) is 11.4 Å². The van der Waals surface area contributed by atoms with Gasteiger partial charge in [0.05, 0.1) is 17.3 Å². The molecule has 1 aromatic heterocycles. The second kappa shape index (κ2) is 6.44. The normalized spacial score (nSPS) is 16.3. The van der Waals surface area contributed by atoms with Gasteiger partial charge in [0, 0.05) is 19.2 Å². The number of aromatic nitrogens is 3. The summed E-state index contributed by atoms with van der Waals surface area (Å²) in [4.78, 5) is 30.8. The van der Waals surface area contributed by atoms with E-state index in [-0.39, 0.29) is 18.2 Å². The Morgan fingerprint density at radius 3 is 2.62 bits per heavy atom. The zero-order valence-corrected chi connectivity index (χ0v) is 14.2. The highest BCUT2D eigenvalue weighted by Crippen LogP contribution is 2.36. The maximum absolute atomic E-state index is 13.0. The predicted molar refractivity (Wildman–Crippen MR) is 97.2 cm³/mol. The highest BCUT2D eigenvalue weighted by Gasteiger charge is 2.33. The van der Waals surface area contributed by atoms with Crippen molar-refractivity contribution in [3.8, 4) is 5.69 Å². The lowest BCUT2D eigenvalue weighted by atomic mass is 9.89. The molecule has 1 atom stereocenters. The first-order chi connectivity index (χ1) is 12.6. The minimum absolute atomic E-state index is 0.0755. The van der Waals surface area contributed by atoms with Gasteiger partial charge < -0.3 is 10.2 Å². The quantitative estimate of drug-likeness (QED) is 0.789. The Morgan fingerprint density at radius 2 is 1.85 bits per heavy atom. The van der Waals surface area contributed by atoms with Crippen molar-refractivity contribution in [2.75, 3.05) is 17.3 Å². The number of rotatable bonds is 3. The van der Waals surface area contributed by atoms with Gasteiger partial charge in [0.25, 0.3) is 0 Å². The molecule has 2 amide bonds. The predicted octanol–water partition coefficient (Wildman–Crippen LogP) is 2.36. The van der Waals surface area contributed by atoms with E-state index in [9.17, 15) is 9.59 Å². The molecule has 0 bridgehead atoms. The van der Waals surface area contributed by atoms with Gasteiger partial charge in [0.1, 0.15) is 12.7 Å². The van der Waals surface area contributed by atoms with Crippen LogP contribution < -0.4 is 10.2 Å². The molecule has 0 fully saturated rings. The third-order valence-corrected chi connectivity index (χ3v) is 4.57. The number of para-hydroxylation sites is 3. The average molecular weight is 347 g/mol. The first kappa shape index (κ1) is 16.0. The highest BCUT2D eigenvalue weighted by molar-refractivity contribution is 6.06. The van der Waals surface area contributed by atoms with Gasteiger partial charge in [-0.05, 0) is 23.8 Å². The first-order valence-corrected chi connectivity index (χ1v) is 8.25. The number of nitrogens with one attached hydrogen (secondary N) is 1. The van der Waals surface area contributed by atoms with Crippen LogP contribution in [0.15, 0.2) is 61.2 Å². The van der Waals surface area contributed by atoms with E-state index in [1.54, 1.807) is 29.0 Å². The Labute approximate surface area is 150 Å². The van der Waals surface area contributed by atoms with Gasteiger partial charge in [0.15, 0.2) is 0 Å². The summed E-state index contributed by atoms with van der Waals surface area (Å²) < 4.78 is 1.59.